The van der Waals surface area contributed by atoms with Crippen LogP contribution in [0.3, 0.4) is 0 Å². The third kappa shape index (κ3) is 1.69. The lowest BCUT2D eigenvalue weighted by Gasteiger charge is -2.05. The van der Waals surface area contributed by atoms with E-state index in [2.05, 4.69) is 40.1 Å². The Morgan fingerprint density at radius 3 is 2.79 bits per heavy atom. The molecule has 1 aliphatic heterocycles. The second kappa shape index (κ2) is 3.65. The molecule has 0 aliphatic carbocycles. The molecule has 2 heterocycles. The van der Waals surface area contributed by atoms with Gasteiger partial charge in [-0.3, -0.25) is 4.98 Å². The van der Waals surface area contributed by atoms with E-state index in [9.17, 15) is 0 Å². The van der Waals surface area contributed by atoms with Gasteiger partial charge in [-0.15, -0.1) is 5.11 Å². The van der Waals surface area contributed by atoms with Crippen LogP contribution in [0.25, 0.3) is 0 Å². The van der Waals surface area contributed by atoms with Crippen LogP contribution >= 0.6 is 0 Å². The second-order valence-electron chi connectivity index (χ2n) is 3.53. The minimum absolute atomic E-state index is 0.446. The molecule has 1 aliphatic rings. The molecular formula is C10H12N4. The molecular weight excluding hydrogens is 176 g/mol. The van der Waals surface area contributed by atoms with E-state index in [1.165, 1.54) is 5.56 Å². The highest BCUT2D eigenvalue weighted by atomic mass is 15.2. The Hall–Kier alpha value is -1.58. The molecule has 0 aromatic carbocycles. The number of nitrogens with zero attached hydrogens (tertiary/aromatic N) is 4. The molecule has 0 atom stereocenters. The summed E-state index contributed by atoms with van der Waals surface area (Å²) >= 11 is 0. The molecule has 4 heteroatoms. The van der Waals surface area contributed by atoms with Gasteiger partial charge in [0, 0.05) is 18.0 Å². The van der Waals surface area contributed by atoms with Crippen molar-refractivity contribution in [1.29, 1.82) is 0 Å². The van der Waals surface area contributed by atoms with Crippen LogP contribution in [0.5, 0.6) is 0 Å². The van der Waals surface area contributed by atoms with E-state index in [0.717, 1.165) is 5.56 Å². The molecule has 0 N–H and O–H groups in total. The number of hydrogen-bond acceptors (Lipinski definition) is 4. The summed E-state index contributed by atoms with van der Waals surface area (Å²) in [6, 6.07) is 2.07. The van der Waals surface area contributed by atoms with Crippen LogP contribution in [0.1, 0.15) is 30.9 Å². The van der Waals surface area contributed by atoms with Gasteiger partial charge in [-0.25, -0.2) is 4.99 Å². The van der Waals surface area contributed by atoms with Gasteiger partial charge in [0.2, 0.25) is 0 Å². The quantitative estimate of drug-likeness (QED) is 0.702. The zero-order valence-corrected chi connectivity index (χ0v) is 8.31. The number of aromatic nitrogens is 1. The van der Waals surface area contributed by atoms with Crippen LogP contribution in [-0.2, 0) is 0 Å². The summed E-state index contributed by atoms with van der Waals surface area (Å²) in [6.07, 6.45) is 3.65. The SMILES string of the molecule is CC(C)c1cncc(C2=NCN=N2)c1. The Morgan fingerprint density at radius 1 is 1.29 bits per heavy atom. The molecule has 0 radical (unpaired) electrons. The highest BCUT2D eigenvalue weighted by Gasteiger charge is 2.08. The van der Waals surface area contributed by atoms with Crippen LogP contribution in [0.15, 0.2) is 33.7 Å². The van der Waals surface area contributed by atoms with Crippen molar-refractivity contribution in [3.8, 4) is 0 Å². The van der Waals surface area contributed by atoms with E-state index in [4.69, 9.17) is 0 Å². The van der Waals surface area contributed by atoms with Gasteiger partial charge in [-0.1, -0.05) is 13.8 Å². The molecule has 72 valence electrons. The van der Waals surface area contributed by atoms with Crippen LogP contribution in [0.4, 0.5) is 0 Å². The summed E-state index contributed by atoms with van der Waals surface area (Å²) in [6.45, 7) is 4.72. The first kappa shape index (κ1) is 8.99. The molecule has 0 saturated heterocycles. The van der Waals surface area contributed by atoms with E-state index in [-0.39, 0.29) is 0 Å². The van der Waals surface area contributed by atoms with Gasteiger partial charge in [0.05, 0.1) is 0 Å². The van der Waals surface area contributed by atoms with Crippen molar-refractivity contribution in [3.63, 3.8) is 0 Å². The van der Waals surface area contributed by atoms with E-state index in [1.807, 2.05) is 6.20 Å². The first-order valence-electron chi connectivity index (χ1n) is 4.64. The Kier molecular flexibility index (Phi) is 2.35. The van der Waals surface area contributed by atoms with E-state index >= 15 is 0 Å². The maximum atomic E-state index is 4.17. The van der Waals surface area contributed by atoms with Gasteiger partial charge in [0.1, 0.15) is 0 Å². The molecule has 0 bridgehead atoms. The van der Waals surface area contributed by atoms with Crippen LogP contribution in [0.2, 0.25) is 0 Å². The smallest absolute Gasteiger partial charge is 0.180 e. The van der Waals surface area contributed by atoms with E-state index in [1.54, 1.807) is 6.20 Å². The largest absolute Gasteiger partial charge is 0.264 e. The Morgan fingerprint density at radius 2 is 2.14 bits per heavy atom. The van der Waals surface area contributed by atoms with Crippen LogP contribution in [-0.4, -0.2) is 17.5 Å². The monoisotopic (exact) mass is 188 g/mol. The molecule has 1 aromatic rings. The zero-order chi connectivity index (χ0) is 9.97. The third-order valence-electron chi connectivity index (χ3n) is 2.13. The molecule has 0 amide bonds. The topological polar surface area (TPSA) is 50.0 Å². The van der Waals surface area contributed by atoms with Crippen molar-refractivity contribution in [2.45, 2.75) is 19.8 Å². The second-order valence-corrected chi connectivity index (χ2v) is 3.53. The molecule has 0 unspecified atom stereocenters. The van der Waals surface area contributed by atoms with Gasteiger partial charge < -0.3 is 0 Å². The zero-order valence-electron chi connectivity index (χ0n) is 8.31. The van der Waals surface area contributed by atoms with Crippen molar-refractivity contribution < 1.29 is 0 Å². The predicted molar refractivity (Wildman–Crippen MR) is 54.6 cm³/mol. The first-order chi connectivity index (χ1) is 6.77. The Balaban J connectivity index is 2.35. The Labute approximate surface area is 82.8 Å². The van der Waals surface area contributed by atoms with E-state index in [0.29, 0.717) is 18.4 Å². The van der Waals surface area contributed by atoms with Gasteiger partial charge >= 0.3 is 0 Å². The summed E-state index contributed by atoms with van der Waals surface area (Å²) in [4.78, 5) is 8.32. The average molecular weight is 188 g/mol. The Bertz CT molecular complexity index is 393. The van der Waals surface area contributed by atoms with Gasteiger partial charge in [0.15, 0.2) is 12.5 Å². The molecule has 4 nitrogen and oxygen atoms in total. The van der Waals surface area contributed by atoms with Gasteiger partial charge in [-0.05, 0) is 17.5 Å². The summed E-state index contributed by atoms with van der Waals surface area (Å²) in [5.41, 5.74) is 2.16. The van der Waals surface area contributed by atoms with Crippen molar-refractivity contribution in [1.82, 2.24) is 4.98 Å². The standard InChI is InChI=1S/C10H12N4/c1-7(2)8-3-9(5-11-4-8)10-12-6-13-14-10/h3-5,7H,6H2,1-2H3. The summed E-state index contributed by atoms with van der Waals surface area (Å²) < 4.78 is 0. The van der Waals surface area contributed by atoms with Gasteiger partial charge in [-0.2, -0.15) is 5.11 Å². The lowest BCUT2D eigenvalue weighted by Crippen LogP contribution is -1.98. The normalized spacial score (nSPS) is 14.9. The van der Waals surface area contributed by atoms with Gasteiger partial charge in [0.25, 0.3) is 0 Å². The summed E-state index contributed by atoms with van der Waals surface area (Å²) in [5, 5.41) is 7.75. The number of amidine groups is 1. The highest BCUT2D eigenvalue weighted by Crippen LogP contribution is 2.15. The third-order valence-corrected chi connectivity index (χ3v) is 2.13. The summed E-state index contributed by atoms with van der Waals surface area (Å²) in [5.74, 6) is 1.17. The molecule has 0 spiro atoms. The van der Waals surface area contributed by atoms with Crippen LogP contribution < -0.4 is 0 Å². The fourth-order valence-corrected chi connectivity index (χ4v) is 1.27. The average Bonchev–Trinajstić information content (AvgIpc) is 2.71. The molecule has 0 fully saturated rings. The van der Waals surface area contributed by atoms with Crippen molar-refractivity contribution >= 4 is 5.84 Å². The molecule has 2 rings (SSSR count). The number of rotatable bonds is 2. The number of azo groups is 1. The number of hydrogen-bond donors (Lipinski definition) is 0. The highest BCUT2D eigenvalue weighted by molar-refractivity contribution is 5.99. The summed E-state index contributed by atoms with van der Waals surface area (Å²) in [7, 11) is 0. The predicted octanol–water partition coefficient (Wildman–Crippen LogP) is 2.37. The van der Waals surface area contributed by atoms with Crippen molar-refractivity contribution in [2.24, 2.45) is 15.2 Å². The minimum atomic E-state index is 0.446. The molecule has 0 saturated carbocycles. The molecule has 14 heavy (non-hydrogen) atoms. The number of pyridine rings is 1. The van der Waals surface area contributed by atoms with E-state index < -0.39 is 0 Å². The lowest BCUT2D eigenvalue weighted by atomic mass is 10.0. The maximum absolute atomic E-state index is 4.17. The maximum Gasteiger partial charge on any atom is 0.180 e. The minimum Gasteiger partial charge on any atom is -0.264 e. The first-order valence-corrected chi connectivity index (χ1v) is 4.64. The molecule has 1 aromatic heterocycles. The number of aliphatic imine (C=N–C) groups is 1. The van der Waals surface area contributed by atoms with Crippen LogP contribution in [0, 0.1) is 0 Å². The fraction of sp³-hybridized carbons (Fsp3) is 0.400. The van der Waals surface area contributed by atoms with Crippen molar-refractivity contribution in [2.75, 3.05) is 6.67 Å². The van der Waals surface area contributed by atoms with Crippen molar-refractivity contribution in [3.05, 3.63) is 29.6 Å². The lowest BCUT2D eigenvalue weighted by molar-refractivity contribution is 0.857. The fourth-order valence-electron chi connectivity index (χ4n) is 1.27.